The van der Waals surface area contributed by atoms with Crippen molar-refractivity contribution < 1.29 is 9.53 Å². The highest BCUT2D eigenvalue weighted by molar-refractivity contribution is 6.33. The molecule has 0 saturated carbocycles. The van der Waals surface area contributed by atoms with Crippen molar-refractivity contribution in [3.63, 3.8) is 0 Å². The molecule has 1 aromatic heterocycles. The zero-order valence-electron chi connectivity index (χ0n) is 10.2. The number of hydrogen-bond donors (Lipinski definition) is 1. The van der Waals surface area contributed by atoms with Crippen LogP contribution in [0, 0.1) is 0 Å². The molecule has 0 bridgehead atoms. The summed E-state index contributed by atoms with van der Waals surface area (Å²) in [5, 5.41) is 0.300. The number of carbonyl (C=O) groups is 1. The van der Waals surface area contributed by atoms with Gasteiger partial charge in [-0.3, -0.25) is 4.98 Å². The Kier molecular flexibility index (Phi) is 4.36. The van der Waals surface area contributed by atoms with Crippen molar-refractivity contribution in [3.05, 3.63) is 58.9 Å². The molecule has 0 amide bonds. The monoisotopic (exact) mass is 276 g/mol. The molecule has 1 heterocycles. The number of hydrogen-bond acceptors (Lipinski definition) is 4. The molecule has 0 aliphatic carbocycles. The standard InChI is InChI=1S/C14H13ClN2O2/c15-13-9-11(16)1-2-12(13)14(18)19-8-5-10-3-6-17-7-4-10/h1-4,6-7,9H,5,8,16H2. The zero-order chi connectivity index (χ0) is 13.7. The van der Waals surface area contributed by atoms with Gasteiger partial charge in [0, 0.05) is 24.5 Å². The minimum absolute atomic E-state index is 0.295. The Morgan fingerprint density at radius 3 is 2.68 bits per heavy atom. The van der Waals surface area contributed by atoms with Crippen LogP contribution < -0.4 is 5.73 Å². The molecule has 2 aromatic rings. The summed E-state index contributed by atoms with van der Waals surface area (Å²) in [4.78, 5) is 15.7. The maximum absolute atomic E-state index is 11.8. The summed E-state index contributed by atoms with van der Waals surface area (Å²) in [6.07, 6.45) is 4.04. The second kappa shape index (κ2) is 6.20. The normalized spacial score (nSPS) is 10.2. The number of ether oxygens (including phenoxy) is 1. The SMILES string of the molecule is Nc1ccc(C(=O)OCCc2ccncc2)c(Cl)c1. The Hall–Kier alpha value is -2.07. The van der Waals surface area contributed by atoms with Gasteiger partial charge in [0.15, 0.2) is 0 Å². The Morgan fingerprint density at radius 1 is 1.26 bits per heavy atom. The van der Waals surface area contributed by atoms with Gasteiger partial charge >= 0.3 is 5.97 Å². The molecule has 0 spiro atoms. The van der Waals surface area contributed by atoms with Crippen molar-refractivity contribution in [2.75, 3.05) is 12.3 Å². The third kappa shape index (κ3) is 3.69. The van der Waals surface area contributed by atoms with Crippen LogP contribution in [0.2, 0.25) is 5.02 Å². The second-order valence-electron chi connectivity index (χ2n) is 3.98. The van der Waals surface area contributed by atoms with E-state index in [2.05, 4.69) is 4.98 Å². The molecule has 19 heavy (non-hydrogen) atoms. The molecule has 0 saturated heterocycles. The van der Waals surface area contributed by atoms with Crippen LogP contribution >= 0.6 is 11.6 Å². The summed E-state index contributed by atoms with van der Waals surface area (Å²) in [7, 11) is 0. The van der Waals surface area contributed by atoms with Crippen LogP contribution in [-0.4, -0.2) is 17.6 Å². The van der Waals surface area contributed by atoms with Gasteiger partial charge in [-0.05, 0) is 35.9 Å². The number of nitrogens with zero attached hydrogens (tertiary/aromatic N) is 1. The highest BCUT2D eigenvalue weighted by atomic mass is 35.5. The van der Waals surface area contributed by atoms with E-state index < -0.39 is 5.97 Å². The number of halogens is 1. The van der Waals surface area contributed by atoms with Crippen LogP contribution in [-0.2, 0) is 11.2 Å². The molecule has 4 nitrogen and oxygen atoms in total. The molecule has 5 heteroatoms. The van der Waals surface area contributed by atoms with E-state index in [9.17, 15) is 4.79 Å². The molecule has 0 fully saturated rings. The number of pyridine rings is 1. The summed E-state index contributed by atoms with van der Waals surface area (Å²) < 4.78 is 5.17. The van der Waals surface area contributed by atoms with Crippen LogP contribution in [0.15, 0.2) is 42.7 Å². The first-order valence-electron chi connectivity index (χ1n) is 5.78. The topological polar surface area (TPSA) is 65.2 Å². The van der Waals surface area contributed by atoms with Crippen molar-refractivity contribution in [3.8, 4) is 0 Å². The molecule has 0 unspecified atom stereocenters. The fourth-order valence-electron chi connectivity index (χ4n) is 1.59. The van der Waals surface area contributed by atoms with E-state index in [-0.39, 0.29) is 0 Å². The molecular weight excluding hydrogens is 264 g/mol. The summed E-state index contributed by atoms with van der Waals surface area (Å²) in [5.74, 6) is -0.445. The van der Waals surface area contributed by atoms with E-state index in [1.54, 1.807) is 24.5 Å². The van der Waals surface area contributed by atoms with Crippen LogP contribution in [0.4, 0.5) is 5.69 Å². The summed E-state index contributed by atoms with van der Waals surface area (Å²) in [6, 6.07) is 8.47. The van der Waals surface area contributed by atoms with Crippen LogP contribution in [0.5, 0.6) is 0 Å². The highest BCUT2D eigenvalue weighted by Gasteiger charge is 2.11. The van der Waals surface area contributed by atoms with Crippen molar-refractivity contribution in [1.82, 2.24) is 4.98 Å². The lowest BCUT2D eigenvalue weighted by Gasteiger charge is -2.06. The summed E-state index contributed by atoms with van der Waals surface area (Å²) in [6.45, 7) is 0.295. The molecule has 0 aliphatic rings. The van der Waals surface area contributed by atoms with Crippen molar-refractivity contribution in [2.45, 2.75) is 6.42 Å². The average molecular weight is 277 g/mol. The fourth-order valence-corrected chi connectivity index (χ4v) is 1.85. The number of carbonyl (C=O) groups excluding carboxylic acids is 1. The zero-order valence-corrected chi connectivity index (χ0v) is 10.9. The van der Waals surface area contributed by atoms with Crippen LogP contribution in [0.25, 0.3) is 0 Å². The quantitative estimate of drug-likeness (QED) is 0.689. The Morgan fingerprint density at radius 2 is 2.00 bits per heavy atom. The van der Waals surface area contributed by atoms with Crippen LogP contribution in [0.3, 0.4) is 0 Å². The number of anilines is 1. The molecule has 0 atom stereocenters. The van der Waals surface area contributed by atoms with E-state index in [0.29, 0.717) is 29.3 Å². The number of esters is 1. The largest absolute Gasteiger partial charge is 0.462 e. The van der Waals surface area contributed by atoms with Crippen molar-refractivity contribution >= 4 is 23.3 Å². The number of rotatable bonds is 4. The van der Waals surface area contributed by atoms with Gasteiger partial charge in [-0.15, -0.1) is 0 Å². The fraction of sp³-hybridized carbons (Fsp3) is 0.143. The van der Waals surface area contributed by atoms with Gasteiger partial charge in [-0.1, -0.05) is 11.6 Å². The first-order chi connectivity index (χ1) is 9.16. The maximum Gasteiger partial charge on any atom is 0.339 e. The minimum Gasteiger partial charge on any atom is -0.462 e. The minimum atomic E-state index is -0.445. The maximum atomic E-state index is 11.8. The van der Waals surface area contributed by atoms with E-state index in [0.717, 1.165) is 5.56 Å². The van der Waals surface area contributed by atoms with Gasteiger partial charge in [-0.25, -0.2) is 4.79 Å². The van der Waals surface area contributed by atoms with E-state index in [1.165, 1.54) is 6.07 Å². The van der Waals surface area contributed by atoms with Crippen LogP contribution in [0.1, 0.15) is 15.9 Å². The van der Waals surface area contributed by atoms with Gasteiger partial charge < -0.3 is 10.5 Å². The predicted molar refractivity (Wildman–Crippen MR) is 74.1 cm³/mol. The summed E-state index contributed by atoms with van der Waals surface area (Å²) in [5.41, 5.74) is 7.46. The first kappa shape index (κ1) is 13.4. The second-order valence-corrected chi connectivity index (χ2v) is 4.39. The van der Waals surface area contributed by atoms with Gasteiger partial charge in [0.1, 0.15) is 0 Å². The Labute approximate surface area is 116 Å². The van der Waals surface area contributed by atoms with Gasteiger partial charge in [-0.2, -0.15) is 0 Å². The number of nitrogen functional groups attached to an aromatic ring is 1. The Bertz CT molecular complexity index is 573. The average Bonchev–Trinajstić information content (AvgIpc) is 2.39. The third-order valence-corrected chi connectivity index (χ3v) is 2.90. The number of nitrogens with two attached hydrogens (primary N) is 1. The molecular formula is C14H13ClN2O2. The smallest absolute Gasteiger partial charge is 0.339 e. The lowest BCUT2D eigenvalue weighted by molar-refractivity contribution is 0.0509. The lowest BCUT2D eigenvalue weighted by Crippen LogP contribution is -2.09. The molecule has 98 valence electrons. The Balaban J connectivity index is 1.91. The number of benzene rings is 1. The highest BCUT2D eigenvalue weighted by Crippen LogP contribution is 2.19. The predicted octanol–water partition coefficient (Wildman–Crippen LogP) is 2.72. The van der Waals surface area contributed by atoms with E-state index >= 15 is 0 Å². The summed E-state index contributed by atoms with van der Waals surface area (Å²) >= 11 is 5.93. The van der Waals surface area contributed by atoms with Gasteiger partial charge in [0.2, 0.25) is 0 Å². The molecule has 1 aromatic carbocycles. The lowest BCUT2D eigenvalue weighted by atomic mass is 10.2. The van der Waals surface area contributed by atoms with Gasteiger partial charge in [0.05, 0.1) is 17.2 Å². The van der Waals surface area contributed by atoms with E-state index in [1.807, 2.05) is 12.1 Å². The number of aromatic nitrogens is 1. The van der Waals surface area contributed by atoms with Crippen molar-refractivity contribution in [1.29, 1.82) is 0 Å². The molecule has 0 radical (unpaired) electrons. The molecule has 0 aliphatic heterocycles. The first-order valence-corrected chi connectivity index (χ1v) is 6.15. The molecule has 2 N–H and O–H groups in total. The third-order valence-electron chi connectivity index (χ3n) is 2.59. The van der Waals surface area contributed by atoms with Crippen molar-refractivity contribution in [2.24, 2.45) is 0 Å². The van der Waals surface area contributed by atoms with E-state index in [4.69, 9.17) is 22.1 Å². The molecule has 2 rings (SSSR count). The van der Waals surface area contributed by atoms with Gasteiger partial charge in [0.25, 0.3) is 0 Å².